The maximum atomic E-state index is 11.9. The van der Waals surface area contributed by atoms with Crippen LogP contribution >= 0.6 is 0 Å². The van der Waals surface area contributed by atoms with Crippen molar-refractivity contribution in [3.05, 3.63) is 37.0 Å². The molecule has 3 heteroatoms. The Hall–Kier alpha value is -1.35. The Morgan fingerprint density at radius 2 is 2.17 bits per heavy atom. The Morgan fingerprint density at radius 1 is 1.39 bits per heavy atom. The molecule has 0 unspecified atom stereocenters. The molecule has 1 aliphatic rings. The van der Waals surface area contributed by atoms with E-state index in [1.807, 2.05) is 36.3 Å². The predicted octanol–water partition coefficient (Wildman–Crippen LogP) is 1.99. The van der Waals surface area contributed by atoms with Crippen LogP contribution in [0.1, 0.15) is 13.3 Å². The number of allylic oxidation sites excluding steroid dienone is 4. The second-order valence-electron chi connectivity index (χ2n) is 4.92. The molecule has 18 heavy (non-hydrogen) atoms. The van der Waals surface area contributed by atoms with Crippen LogP contribution in [-0.4, -0.2) is 37.5 Å². The third kappa shape index (κ3) is 4.88. The van der Waals surface area contributed by atoms with Gasteiger partial charge in [0.25, 0.3) is 0 Å². The summed E-state index contributed by atoms with van der Waals surface area (Å²) in [5.41, 5.74) is 0. The largest absolute Gasteiger partial charge is 0.345 e. The minimum absolute atomic E-state index is 0.178. The van der Waals surface area contributed by atoms with Crippen LogP contribution in [-0.2, 0) is 4.79 Å². The molecule has 3 nitrogen and oxygen atoms in total. The van der Waals surface area contributed by atoms with Crippen LogP contribution in [0.25, 0.3) is 0 Å². The highest BCUT2D eigenvalue weighted by Gasteiger charge is 2.25. The molecule has 1 rings (SSSR count). The second-order valence-corrected chi connectivity index (χ2v) is 4.92. The van der Waals surface area contributed by atoms with Crippen molar-refractivity contribution in [2.24, 2.45) is 11.8 Å². The Balaban J connectivity index is 2.30. The monoisotopic (exact) mass is 248 g/mol. The van der Waals surface area contributed by atoms with Gasteiger partial charge < -0.3 is 10.2 Å². The highest BCUT2D eigenvalue weighted by Crippen LogP contribution is 2.16. The molecular weight excluding hydrogens is 224 g/mol. The SMILES string of the molecule is C=C/C=C\C=C\CC(=O)N(C)C[C@@H]1CNC[C@H]1C. The van der Waals surface area contributed by atoms with E-state index in [9.17, 15) is 4.79 Å². The lowest BCUT2D eigenvalue weighted by Crippen LogP contribution is -2.33. The van der Waals surface area contributed by atoms with Crippen LogP contribution in [0, 0.1) is 11.8 Å². The molecule has 100 valence electrons. The van der Waals surface area contributed by atoms with Crippen molar-refractivity contribution >= 4 is 5.91 Å². The maximum absolute atomic E-state index is 11.9. The minimum Gasteiger partial charge on any atom is -0.345 e. The zero-order valence-corrected chi connectivity index (χ0v) is 11.4. The predicted molar refractivity (Wildman–Crippen MR) is 76.3 cm³/mol. The summed E-state index contributed by atoms with van der Waals surface area (Å²) in [4.78, 5) is 13.7. The van der Waals surface area contributed by atoms with E-state index in [2.05, 4.69) is 18.8 Å². The first-order valence-corrected chi connectivity index (χ1v) is 6.54. The van der Waals surface area contributed by atoms with Gasteiger partial charge in [0.1, 0.15) is 0 Å². The fourth-order valence-corrected chi connectivity index (χ4v) is 2.11. The number of amides is 1. The van der Waals surface area contributed by atoms with Crippen molar-refractivity contribution in [2.45, 2.75) is 13.3 Å². The van der Waals surface area contributed by atoms with E-state index in [-0.39, 0.29) is 5.91 Å². The molecule has 0 spiro atoms. The fourth-order valence-electron chi connectivity index (χ4n) is 2.11. The molecule has 0 aliphatic carbocycles. The van der Waals surface area contributed by atoms with Crippen molar-refractivity contribution in [1.29, 1.82) is 0 Å². The van der Waals surface area contributed by atoms with Crippen LogP contribution < -0.4 is 5.32 Å². The van der Waals surface area contributed by atoms with E-state index >= 15 is 0 Å². The lowest BCUT2D eigenvalue weighted by Gasteiger charge is -2.22. The van der Waals surface area contributed by atoms with E-state index in [0.29, 0.717) is 18.3 Å². The summed E-state index contributed by atoms with van der Waals surface area (Å²) in [6.07, 6.45) is 9.67. The molecule has 1 aliphatic heterocycles. The van der Waals surface area contributed by atoms with Gasteiger partial charge in [0.05, 0.1) is 0 Å². The Labute approximate surface area is 110 Å². The van der Waals surface area contributed by atoms with E-state index < -0.39 is 0 Å². The third-order valence-corrected chi connectivity index (χ3v) is 3.40. The van der Waals surface area contributed by atoms with Gasteiger partial charge in [-0.2, -0.15) is 0 Å². The molecule has 1 heterocycles. The number of hydrogen-bond donors (Lipinski definition) is 1. The van der Waals surface area contributed by atoms with E-state index in [4.69, 9.17) is 0 Å². The molecule has 0 aromatic carbocycles. The molecule has 1 N–H and O–H groups in total. The summed E-state index contributed by atoms with van der Waals surface area (Å²) in [7, 11) is 1.89. The smallest absolute Gasteiger partial charge is 0.226 e. The van der Waals surface area contributed by atoms with Gasteiger partial charge in [-0.3, -0.25) is 4.79 Å². The Morgan fingerprint density at radius 3 is 2.78 bits per heavy atom. The molecule has 1 saturated heterocycles. The van der Waals surface area contributed by atoms with E-state index in [1.54, 1.807) is 6.08 Å². The van der Waals surface area contributed by atoms with Gasteiger partial charge in [0.15, 0.2) is 0 Å². The van der Waals surface area contributed by atoms with Crippen molar-refractivity contribution in [3.63, 3.8) is 0 Å². The highest BCUT2D eigenvalue weighted by atomic mass is 16.2. The van der Waals surface area contributed by atoms with Gasteiger partial charge in [0.2, 0.25) is 5.91 Å². The van der Waals surface area contributed by atoms with Gasteiger partial charge in [0, 0.05) is 20.0 Å². The molecule has 0 aromatic rings. The topological polar surface area (TPSA) is 32.3 Å². The van der Waals surface area contributed by atoms with E-state index in [1.165, 1.54) is 0 Å². The second kappa shape index (κ2) is 7.88. The maximum Gasteiger partial charge on any atom is 0.226 e. The molecule has 1 amide bonds. The highest BCUT2D eigenvalue weighted by molar-refractivity contribution is 5.77. The first kappa shape index (κ1) is 14.7. The van der Waals surface area contributed by atoms with Crippen LogP contribution in [0.4, 0.5) is 0 Å². The third-order valence-electron chi connectivity index (χ3n) is 3.40. The van der Waals surface area contributed by atoms with Gasteiger partial charge >= 0.3 is 0 Å². The fraction of sp³-hybridized carbons (Fsp3) is 0.533. The normalized spacial score (nSPS) is 23.9. The number of rotatable bonds is 6. The van der Waals surface area contributed by atoms with Crippen LogP contribution in [0.2, 0.25) is 0 Å². The summed E-state index contributed by atoms with van der Waals surface area (Å²) in [6.45, 7) is 8.77. The molecule has 0 radical (unpaired) electrons. The molecule has 0 aromatic heterocycles. The molecule has 0 saturated carbocycles. The molecule has 2 atom stereocenters. The van der Waals surface area contributed by atoms with Gasteiger partial charge in [-0.1, -0.05) is 43.9 Å². The summed E-state index contributed by atoms with van der Waals surface area (Å²) < 4.78 is 0. The van der Waals surface area contributed by atoms with Crippen molar-refractivity contribution in [3.8, 4) is 0 Å². The number of carbonyl (C=O) groups is 1. The number of nitrogens with one attached hydrogen (secondary N) is 1. The summed E-state index contributed by atoms with van der Waals surface area (Å²) in [5, 5.41) is 3.36. The number of nitrogens with zero attached hydrogens (tertiary/aromatic N) is 1. The average Bonchev–Trinajstić information content (AvgIpc) is 2.74. The van der Waals surface area contributed by atoms with Crippen LogP contribution in [0.15, 0.2) is 37.0 Å². The quantitative estimate of drug-likeness (QED) is 0.729. The first-order chi connectivity index (χ1) is 8.65. The van der Waals surface area contributed by atoms with Crippen molar-refractivity contribution in [2.75, 3.05) is 26.7 Å². The standard InChI is InChI=1S/C15H24N2O/c1-4-5-6-7-8-9-15(18)17(3)12-14-11-16-10-13(14)2/h4-8,13-14,16H,1,9-12H2,2-3H3/b6-5-,8-7+/t13-,14+/m1/s1. The zero-order valence-electron chi connectivity index (χ0n) is 11.4. The lowest BCUT2D eigenvalue weighted by molar-refractivity contribution is -0.129. The molecule has 0 bridgehead atoms. The summed E-state index contributed by atoms with van der Waals surface area (Å²) in [6, 6.07) is 0. The van der Waals surface area contributed by atoms with Crippen LogP contribution in [0.3, 0.4) is 0 Å². The van der Waals surface area contributed by atoms with Crippen molar-refractivity contribution in [1.82, 2.24) is 10.2 Å². The lowest BCUT2D eigenvalue weighted by atomic mass is 9.98. The molecular formula is C15H24N2O. The Bertz CT molecular complexity index is 333. The molecule has 1 fully saturated rings. The average molecular weight is 248 g/mol. The van der Waals surface area contributed by atoms with Crippen molar-refractivity contribution < 1.29 is 4.79 Å². The Kier molecular flexibility index (Phi) is 6.44. The summed E-state index contributed by atoms with van der Waals surface area (Å²) >= 11 is 0. The van der Waals surface area contributed by atoms with Gasteiger partial charge in [-0.15, -0.1) is 0 Å². The van der Waals surface area contributed by atoms with Gasteiger partial charge in [-0.05, 0) is 24.9 Å². The number of hydrogen-bond acceptors (Lipinski definition) is 2. The van der Waals surface area contributed by atoms with Crippen LogP contribution in [0.5, 0.6) is 0 Å². The first-order valence-electron chi connectivity index (χ1n) is 6.54. The van der Waals surface area contributed by atoms with Gasteiger partial charge in [-0.25, -0.2) is 0 Å². The minimum atomic E-state index is 0.178. The summed E-state index contributed by atoms with van der Waals surface area (Å²) in [5.74, 6) is 1.42. The number of carbonyl (C=O) groups excluding carboxylic acids is 1. The van der Waals surface area contributed by atoms with E-state index in [0.717, 1.165) is 19.6 Å². The zero-order chi connectivity index (χ0) is 13.4.